The zero-order valence-electron chi connectivity index (χ0n) is 11.5. The summed E-state index contributed by atoms with van der Waals surface area (Å²) in [6.07, 6.45) is 0.507. The van der Waals surface area contributed by atoms with Gasteiger partial charge in [0.25, 0.3) is 0 Å². The first-order valence-electron chi connectivity index (χ1n) is 6.91. The lowest BCUT2D eigenvalue weighted by Crippen LogP contribution is -2.44. The first-order chi connectivity index (χ1) is 10.1. The summed E-state index contributed by atoms with van der Waals surface area (Å²) in [5.41, 5.74) is 3.18. The van der Waals surface area contributed by atoms with E-state index in [9.17, 15) is 14.3 Å². The van der Waals surface area contributed by atoms with Gasteiger partial charge < -0.3 is 5.11 Å². The maximum atomic E-state index is 13.0. The molecule has 0 unspecified atom stereocenters. The summed E-state index contributed by atoms with van der Waals surface area (Å²) < 4.78 is 13.0. The Morgan fingerprint density at radius 1 is 1.14 bits per heavy atom. The number of fused-ring (bicyclic) bond motifs is 1. The van der Waals surface area contributed by atoms with E-state index in [4.69, 9.17) is 0 Å². The molecule has 1 atom stereocenters. The normalized spacial score (nSPS) is 18.2. The molecular weight excluding hydrogens is 269 g/mol. The molecule has 0 aliphatic carbocycles. The van der Waals surface area contributed by atoms with Crippen molar-refractivity contribution < 1.29 is 14.3 Å². The van der Waals surface area contributed by atoms with Crippen LogP contribution in [0.2, 0.25) is 0 Å². The van der Waals surface area contributed by atoms with Crippen molar-refractivity contribution in [1.82, 2.24) is 4.90 Å². The van der Waals surface area contributed by atoms with Gasteiger partial charge in [-0.3, -0.25) is 9.69 Å². The van der Waals surface area contributed by atoms with Gasteiger partial charge >= 0.3 is 5.97 Å². The fraction of sp³-hybridized carbons (Fsp3) is 0.235. The monoisotopic (exact) mass is 285 g/mol. The van der Waals surface area contributed by atoms with Crippen LogP contribution in [0.4, 0.5) is 4.39 Å². The Balaban J connectivity index is 1.85. The van der Waals surface area contributed by atoms with Crippen LogP contribution in [0.5, 0.6) is 0 Å². The highest BCUT2D eigenvalue weighted by atomic mass is 19.1. The number of carboxylic acid groups (broad SMARTS) is 1. The highest BCUT2D eigenvalue weighted by Crippen LogP contribution is 2.25. The lowest BCUT2D eigenvalue weighted by atomic mass is 9.93. The lowest BCUT2D eigenvalue weighted by Gasteiger charge is -2.34. The second-order valence-electron chi connectivity index (χ2n) is 5.36. The molecule has 0 spiro atoms. The summed E-state index contributed by atoms with van der Waals surface area (Å²) in [6, 6.07) is 13.6. The maximum Gasteiger partial charge on any atom is 0.321 e. The van der Waals surface area contributed by atoms with Gasteiger partial charge in [-0.25, -0.2) is 4.39 Å². The fourth-order valence-corrected chi connectivity index (χ4v) is 2.81. The molecular formula is C17H16FNO2. The van der Waals surface area contributed by atoms with E-state index in [2.05, 4.69) is 0 Å². The van der Waals surface area contributed by atoms with Gasteiger partial charge in [-0.15, -0.1) is 0 Å². The number of halogens is 1. The van der Waals surface area contributed by atoms with Crippen LogP contribution in [0.3, 0.4) is 0 Å². The lowest BCUT2D eigenvalue weighted by molar-refractivity contribution is -0.144. The van der Waals surface area contributed by atoms with Gasteiger partial charge in [-0.05, 0) is 35.2 Å². The number of hydrogen-bond acceptors (Lipinski definition) is 2. The van der Waals surface area contributed by atoms with Crippen LogP contribution in [0.1, 0.15) is 16.7 Å². The Kier molecular flexibility index (Phi) is 3.71. The molecule has 0 bridgehead atoms. The Morgan fingerprint density at radius 2 is 1.81 bits per heavy atom. The number of aliphatic carboxylic acids is 1. The molecule has 1 N–H and O–H groups in total. The summed E-state index contributed by atoms with van der Waals surface area (Å²) in [7, 11) is 0. The summed E-state index contributed by atoms with van der Waals surface area (Å²) in [5.74, 6) is -1.09. The number of carbonyl (C=O) groups is 1. The fourth-order valence-electron chi connectivity index (χ4n) is 2.81. The van der Waals surface area contributed by atoms with Crippen molar-refractivity contribution in [3.63, 3.8) is 0 Å². The Labute approximate surface area is 122 Å². The first kappa shape index (κ1) is 13.8. The Morgan fingerprint density at radius 3 is 2.48 bits per heavy atom. The van der Waals surface area contributed by atoms with Crippen molar-refractivity contribution >= 4 is 5.97 Å². The molecule has 2 aromatic carbocycles. The van der Waals surface area contributed by atoms with Crippen LogP contribution >= 0.6 is 0 Å². The number of rotatable bonds is 3. The van der Waals surface area contributed by atoms with Crippen LogP contribution in [-0.4, -0.2) is 22.0 Å². The van der Waals surface area contributed by atoms with Crippen LogP contribution in [0.25, 0.3) is 0 Å². The summed E-state index contributed by atoms with van der Waals surface area (Å²) >= 11 is 0. The van der Waals surface area contributed by atoms with Crippen molar-refractivity contribution in [1.29, 1.82) is 0 Å². The molecule has 1 aliphatic heterocycles. The topological polar surface area (TPSA) is 40.5 Å². The van der Waals surface area contributed by atoms with Crippen molar-refractivity contribution in [2.45, 2.75) is 25.6 Å². The largest absolute Gasteiger partial charge is 0.480 e. The van der Waals surface area contributed by atoms with E-state index in [-0.39, 0.29) is 5.82 Å². The highest BCUT2D eigenvalue weighted by molar-refractivity contribution is 5.74. The van der Waals surface area contributed by atoms with E-state index in [1.807, 2.05) is 29.2 Å². The molecule has 108 valence electrons. The van der Waals surface area contributed by atoms with Gasteiger partial charge in [0.05, 0.1) is 0 Å². The Bertz CT molecular complexity index is 654. The van der Waals surface area contributed by atoms with Gasteiger partial charge in [0, 0.05) is 13.1 Å². The van der Waals surface area contributed by atoms with Crippen LogP contribution in [-0.2, 0) is 24.3 Å². The molecule has 0 saturated heterocycles. The standard InChI is InChI=1S/C17H16FNO2/c18-15-7-5-12(6-8-15)10-19-11-14-4-2-1-3-13(14)9-16(19)17(20)21/h1-8,16H,9-11H2,(H,20,21)/t16-/m1/s1. The number of nitrogens with zero attached hydrogens (tertiary/aromatic N) is 1. The average Bonchev–Trinajstić information content (AvgIpc) is 2.48. The molecule has 0 amide bonds. The molecule has 21 heavy (non-hydrogen) atoms. The first-order valence-corrected chi connectivity index (χ1v) is 6.91. The van der Waals surface area contributed by atoms with E-state index < -0.39 is 12.0 Å². The minimum Gasteiger partial charge on any atom is -0.480 e. The molecule has 3 nitrogen and oxygen atoms in total. The van der Waals surface area contributed by atoms with Crippen molar-refractivity contribution in [2.24, 2.45) is 0 Å². The number of benzene rings is 2. The van der Waals surface area contributed by atoms with Crippen molar-refractivity contribution in [2.75, 3.05) is 0 Å². The second kappa shape index (κ2) is 5.66. The summed E-state index contributed by atoms with van der Waals surface area (Å²) in [5, 5.41) is 9.45. The molecule has 3 rings (SSSR count). The third-order valence-corrected chi connectivity index (χ3v) is 3.93. The van der Waals surface area contributed by atoms with Gasteiger partial charge in [-0.1, -0.05) is 36.4 Å². The van der Waals surface area contributed by atoms with Crippen molar-refractivity contribution in [3.05, 3.63) is 71.0 Å². The molecule has 2 aromatic rings. The minimum atomic E-state index is -0.813. The second-order valence-corrected chi connectivity index (χ2v) is 5.36. The third kappa shape index (κ3) is 2.95. The van der Waals surface area contributed by atoms with E-state index in [1.165, 1.54) is 12.1 Å². The van der Waals surface area contributed by atoms with Gasteiger partial charge in [0.2, 0.25) is 0 Å². The predicted molar refractivity (Wildman–Crippen MR) is 77.2 cm³/mol. The molecule has 0 fully saturated rings. The predicted octanol–water partition coefficient (Wildman–Crippen LogP) is 2.84. The van der Waals surface area contributed by atoms with Gasteiger partial charge in [-0.2, -0.15) is 0 Å². The van der Waals surface area contributed by atoms with Gasteiger partial charge in [0.15, 0.2) is 0 Å². The molecule has 0 radical (unpaired) electrons. The quantitative estimate of drug-likeness (QED) is 0.942. The Hall–Kier alpha value is -2.20. The SMILES string of the molecule is O=C(O)[C@H]1Cc2ccccc2CN1Cc1ccc(F)cc1. The third-order valence-electron chi connectivity index (χ3n) is 3.93. The highest BCUT2D eigenvalue weighted by Gasteiger charge is 2.31. The zero-order valence-corrected chi connectivity index (χ0v) is 11.5. The average molecular weight is 285 g/mol. The summed E-state index contributed by atoms with van der Waals surface area (Å²) in [4.78, 5) is 13.4. The molecule has 1 heterocycles. The molecule has 0 aromatic heterocycles. The molecule has 4 heteroatoms. The van der Waals surface area contributed by atoms with Crippen LogP contribution < -0.4 is 0 Å². The molecule has 1 aliphatic rings. The van der Waals surface area contributed by atoms with E-state index in [1.54, 1.807) is 12.1 Å². The number of hydrogen-bond donors (Lipinski definition) is 1. The van der Waals surface area contributed by atoms with E-state index >= 15 is 0 Å². The van der Waals surface area contributed by atoms with E-state index in [0.29, 0.717) is 19.5 Å². The smallest absolute Gasteiger partial charge is 0.321 e. The zero-order chi connectivity index (χ0) is 14.8. The minimum absolute atomic E-state index is 0.280. The van der Waals surface area contributed by atoms with Crippen molar-refractivity contribution in [3.8, 4) is 0 Å². The van der Waals surface area contributed by atoms with Crippen LogP contribution in [0, 0.1) is 5.82 Å². The van der Waals surface area contributed by atoms with Crippen LogP contribution in [0.15, 0.2) is 48.5 Å². The number of carboxylic acids is 1. The maximum absolute atomic E-state index is 13.0. The van der Waals surface area contributed by atoms with Gasteiger partial charge in [0.1, 0.15) is 11.9 Å². The summed E-state index contributed by atoms with van der Waals surface area (Å²) in [6.45, 7) is 1.11. The molecule has 0 saturated carbocycles. The van der Waals surface area contributed by atoms with E-state index in [0.717, 1.165) is 16.7 Å².